The summed E-state index contributed by atoms with van der Waals surface area (Å²) < 4.78 is 37.5. The molecule has 0 bridgehead atoms. The minimum atomic E-state index is -4.48. The summed E-state index contributed by atoms with van der Waals surface area (Å²) >= 11 is 0. The molecule has 0 aliphatic heterocycles. The summed E-state index contributed by atoms with van der Waals surface area (Å²) in [7, 11) is 0. The summed E-state index contributed by atoms with van der Waals surface area (Å²) in [6, 6.07) is 1.07. The fourth-order valence-corrected chi connectivity index (χ4v) is 1.53. The van der Waals surface area contributed by atoms with Crippen LogP contribution in [0.25, 0.3) is 0 Å². The van der Waals surface area contributed by atoms with Gasteiger partial charge in [-0.05, 0) is 26.8 Å². The topological polar surface area (TPSA) is 74.2 Å². The first kappa shape index (κ1) is 21.7. The second-order valence-electron chi connectivity index (χ2n) is 4.75. The van der Waals surface area contributed by atoms with Crippen molar-refractivity contribution in [3.05, 3.63) is 18.0 Å². The highest BCUT2D eigenvalue weighted by Crippen LogP contribution is 2.27. The summed E-state index contributed by atoms with van der Waals surface area (Å²) in [5.74, 6) is 0.594. The van der Waals surface area contributed by atoms with E-state index in [0.29, 0.717) is 19.0 Å². The van der Waals surface area contributed by atoms with Crippen LogP contribution in [0.3, 0.4) is 0 Å². The number of nitrogens with zero attached hydrogens (tertiary/aromatic N) is 3. The van der Waals surface area contributed by atoms with Crippen LogP contribution in [0.5, 0.6) is 0 Å². The normalized spacial score (nSPS) is 11.9. The van der Waals surface area contributed by atoms with E-state index in [4.69, 9.17) is 0 Å². The van der Waals surface area contributed by atoms with Crippen LogP contribution in [0.4, 0.5) is 19.1 Å². The monoisotopic (exact) mass is 446 g/mol. The lowest BCUT2D eigenvalue weighted by Gasteiger charge is -2.14. The molecule has 3 N–H and O–H groups in total. The number of nitrogens with one attached hydrogen (secondary N) is 3. The van der Waals surface area contributed by atoms with Gasteiger partial charge in [-0.3, -0.25) is 4.99 Å². The largest absolute Gasteiger partial charge is 0.433 e. The molecule has 6 nitrogen and oxygen atoms in total. The highest BCUT2D eigenvalue weighted by molar-refractivity contribution is 14.0. The molecule has 1 aromatic heterocycles. The van der Waals surface area contributed by atoms with Gasteiger partial charge < -0.3 is 16.0 Å². The number of halogens is 4. The number of alkyl halides is 3. The number of rotatable bonds is 6. The molecule has 0 saturated heterocycles. The Balaban J connectivity index is 0.00000484. The van der Waals surface area contributed by atoms with E-state index in [1.54, 1.807) is 0 Å². The zero-order valence-electron chi connectivity index (χ0n) is 13.2. The average molecular weight is 446 g/mol. The fourth-order valence-electron chi connectivity index (χ4n) is 1.53. The third-order valence-electron chi connectivity index (χ3n) is 2.38. The molecule has 0 aliphatic rings. The Hall–Kier alpha value is -1.33. The molecule has 0 fully saturated rings. The molecular formula is C13H22F3IN6. The van der Waals surface area contributed by atoms with E-state index < -0.39 is 11.9 Å². The maximum absolute atomic E-state index is 12.5. The molecule has 0 radical (unpaired) electrons. The molecule has 1 heterocycles. The van der Waals surface area contributed by atoms with Crippen molar-refractivity contribution in [3.8, 4) is 0 Å². The maximum Gasteiger partial charge on any atom is 0.433 e. The highest BCUT2D eigenvalue weighted by Gasteiger charge is 2.32. The van der Waals surface area contributed by atoms with E-state index in [-0.39, 0.29) is 36.0 Å². The Morgan fingerprint density at radius 1 is 1.35 bits per heavy atom. The number of hydrogen-bond acceptors (Lipinski definition) is 4. The molecule has 1 rings (SSSR count). The lowest BCUT2D eigenvalue weighted by molar-refractivity contribution is -0.141. The van der Waals surface area contributed by atoms with Crippen molar-refractivity contribution in [3.63, 3.8) is 0 Å². The summed E-state index contributed by atoms with van der Waals surface area (Å²) in [5.41, 5.74) is -0.969. The van der Waals surface area contributed by atoms with Crippen molar-refractivity contribution in [1.29, 1.82) is 0 Å². The van der Waals surface area contributed by atoms with E-state index in [1.165, 1.54) is 0 Å². The average Bonchev–Trinajstić information content (AvgIpc) is 2.42. The summed E-state index contributed by atoms with van der Waals surface area (Å²) in [6.07, 6.45) is -3.40. The molecule has 0 aliphatic carbocycles. The van der Waals surface area contributed by atoms with Gasteiger partial charge in [-0.1, -0.05) is 0 Å². The first-order chi connectivity index (χ1) is 10.3. The van der Waals surface area contributed by atoms with Gasteiger partial charge in [0.2, 0.25) is 5.95 Å². The molecule has 0 saturated carbocycles. The van der Waals surface area contributed by atoms with Crippen LogP contribution in [-0.4, -0.2) is 41.6 Å². The molecule has 0 unspecified atom stereocenters. The smallest absolute Gasteiger partial charge is 0.357 e. The zero-order valence-corrected chi connectivity index (χ0v) is 15.6. The molecule has 0 amide bonds. The minimum absolute atomic E-state index is 0. The molecule has 0 spiro atoms. The van der Waals surface area contributed by atoms with E-state index in [2.05, 4.69) is 30.9 Å². The maximum atomic E-state index is 12.5. The Kier molecular flexibility index (Phi) is 9.84. The van der Waals surface area contributed by atoms with Crippen molar-refractivity contribution in [1.82, 2.24) is 20.6 Å². The molecule has 132 valence electrons. The van der Waals surface area contributed by atoms with Crippen molar-refractivity contribution in [2.75, 3.05) is 25.0 Å². The Morgan fingerprint density at radius 2 is 2.04 bits per heavy atom. The molecule has 1 aromatic rings. The Bertz CT molecular complexity index is 493. The van der Waals surface area contributed by atoms with Crippen LogP contribution < -0.4 is 16.0 Å². The van der Waals surface area contributed by atoms with Crippen LogP contribution in [0.2, 0.25) is 0 Å². The summed E-state index contributed by atoms with van der Waals surface area (Å²) in [5, 5.41) is 8.94. The van der Waals surface area contributed by atoms with Gasteiger partial charge in [0.15, 0.2) is 5.96 Å². The fraction of sp³-hybridized carbons (Fsp3) is 0.615. The predicted molar refractivity (Wildman–Crippen MR) is 95.2 cm³/mol. The van der Waals surface area contributed by atoms with Crippen LogP contribution >= 0.6 is 24.0 Å². The van der Waals surface area contributed by atoms with E-state index >= 15 is 0 Å². The number of anilines is 1. The van der Waals surface area contributed by atoms with Gasteiger partial charge in [0, 0.05) is 25.3 Å². The number of aromatic nitrogens is 2. The van der Waals surface area contributed by atoms with Gasteiger partial charge in [-0.2, -0.15) is 13.2 Å². The third-order valence-corrected chi connectivity index (χ3v) is 2.38. The Morgan fingerprint density at radius 3 is 2.61 bits per heavy atom. The zero-order chi connectivity index (χ0) is 16.6. The second-order valence-corrected chi connectivity index (χ2v) is 4.75. The predicted octanol–water partition coefficient (Wildman–Crippen LogP) is 2.49. The lowest BCUT2D eigenvalue weighted by atomic mass is 10.4. The molecule has 23 heavy (non-hydrogen) atoms. The van der Waals surface area contributed by atoms with Gasteiger partial charge >= 0.3 is 6.18 Å². The van der Waals surface area contributed by atoms with Gasteiger partial charge in [0.25, 0.3) is 0 Å². The summed E-state index contributed by atoms with van der Waals surface area (Å²) in [4.78, 5) is 11.5. The SMILES string of the molecule is CCNC(=NCCNc1nccc(C(F)(F)F)n1)NC(C)C.I. The molecular weight excluding hydrogens is 424 g/mol. The third kappa shape index (κ3) is 8.77. The Labute approximate surface area is 150 Å². The second kappa shape index (κ2) is 10.4. The molecule has 0 atom stereocenters. The summed E-state index contributed by atoms with van der Waals surface area (Å²) in [6.45, 7) is 7.36. The lowest BCUT2D eigenvalue weighted by Crippen LogP contribution is -2.41. The van der Waals surface area contributed by atoms with E-state index in [9.17, 15) is 13.2 Å². The molecule has 10 heteroatoms. The van der Waals surface area contributed by atoms with E-state index in [0.717, 1.165) is 18.8 Å². The standard InChI is InChI=1S/C13H21F3N6.HI/c1-4-17-11(21-9(2)3)19-7-8-20-12-18-6-5-10(22-12)13(14,15)16;/h5-6,9H,4,7-8H2,1-3H3,(H2,17,19,21)(H,18,20,22);1H. The number of hydrogen-bond donors (Lipinski definition) is 3. The van der Waals surface area contributed by atoms with Crippen LogP contribution in [0, 0.1) is 0 Å². The van der Waals surface area contributed by atoms with Crippen molar-refractivity contribution < 1.29 is 13.2 Å². The number of aliphatic imine (C=N–C) groups is 1. The van der Waals surface area contributed by atoms with Crippen LogP contribution in [0.1, 0.15) is 26.5 Å². The first-order valence-corrected chi connectivity index (χ1v) is 7.02. The number of guanidine groups is 1. The van der Waals surface area contributed by atoms with Gasteiger partial charge in [0.05, 0.1) is 6.54 Å². The van der Waals surface area contributed by atoms with Gasteiger partial charge in [-0.15, -0.1) is 24.0 Å². The van der Waals surface area contributed by atoms with Gasteiger partial charge in [-0.25, -0.2) is 9.97 Å². The van der Waals surface area contributed by atoms with Crippen LogP contribution in [0.15, 0.2) is 17.3 Å². The van der Waals surface area contributed by atoms with Crippen molar-refractivity contribution in [2.45, 2.75) is 33.0 Å². The highest BCUT2D eigenvalue weighted by atomic mass is 127. The van der Waals surface area contributed by atoms with Crippen molar-refractivity contribution in [2.24, 2.45) is 4.99 Å². The van der Waals surface area contributed by atoms with Gasteiger partial charge in [0.1, 0.15) is 5.69 Å². The first-order valence-electron chi connectivity index (χ1n) is 7.02. The quantitative estimate of drug-likeness (QED) is 0.271. The molecule has 0 aromatic carbocycles. The van der Waals surface area contributed by atoms with Crippen LogP contribution in [-0.2, 0) is 6.18 Å². The minimum Gasteiger partial charge on any atom is -0.357 e. The van der Waals surface area contributed by atoms with E-state index in [1.807, 2.05) is 20.8 Å². The van der Waals surface area contributed by atoms with Crippen molar-refractivity contribution >= 4 is 35.9 Å².